The topological polar surface area (TPSA) is 42.1 Å². The van der Waals surface area contributed by atoms with E-state index in [1.165, 1.54) is 5.56 Å². The molecule has 0 bridgehead atoms. The average molecular weight is 245 g/mol. The van der Waals surface area contributed by atoms with Crippen molar-refractivity contribution >= 4 is 16.5 Å². The van der Waals surface area contributed by atoms with Crippen molar-refractivity contribution in [2.24, 2.45) is 5.73 Å². The highest BCUT2D eigenvalue weighted by molar-refractivity contribution is 7.14. The summed E-state index contributed by atoms with van der Waals surface area (Å²) in [5.74, 6) is 0. The lowest BCUT2D eigenvalue weighted by Crippen LogP contribution is -2.26. The van der Waals surface area contributed by atoms with E-state index in [2.05, 4.69) is 27.4 Å². The zero-order valence-corrected chi connectivity index (χ0v) is 10.4. The van der Waals surface area contributed by atoms with Gasteiger partial charge in [-0.15, -0.1) is 11.3 Å². The van der Waals surface area contributed by atoms with Crippen LogP contribution in [0.2, 0.25) is 0 Å². The lowest BCUT2D eigenvalue weighted by atomic mass is 10.2. The molecule has 0 saturated carbocycles. The number of nitrogens with two attached hydrogens (primary N) is 1. The van der Waals surface area contributed by atoms with Crippen LogP contribution in [-0.2, 0) is 0 Å². The Morgan fingerprint density at radius 1 is 1.29 bits per heavy atom. The molecular weight excluding hydrogens is 230 g/mol. The molecule has 2 heterocycles. The smallest absolute Gasteiger partial charge is 0.185 e. The minimum absolute atomic E-state index is 0.305. The summed E-state index contributed by atoms with van der Waals surface area (Å²) >= 11 is 1.70. The number of aromatic nitrogens is 1. The maximum atomic E-state index is 5.92. The summed E-state index contributed by atoms with van der Waals surface area (Å²) in [7, 11) is 0. The van der Waals surface area contributed by atoms with Gasteiger partial charge in [0, 0.05) is 30.1 Å². The molecule has 3 rings (SSSR count). The van der Waals surface area contributed by atoms with Crippen LogP contribution >= 0.6 is 11.3 Å². The highest BCUT2D eigenvalue weighted by atomic mass is 32.1. The average Bonchev–Trinajstić information content (AvgIpc) is 2.98. The molecule has 3 nitrogen and oxygen atoms in total. The fourth-order valence-electron chi connectivity index (χ4n) is 2.11. The fraction of sp³-hybridized carbons (Fsp3) is 0.308. The van der Waals surface area contributed by atoms with Gasteiger partial charge in [-0.25, -0.2) is 4.98 Å². The summed E-state index contributed by atoms with van der Waals surface area (Å²) in [4.78, 5) is 6.97. The molecule has 2 N–H and O–H groups in total. The molecule has 88 valence electrons. The summed E-state index contributed by atoms with van der Waals surface area (Å²) in [5, 5.41) is 3.21. The minimum atomic E-state index is 0.305. The standard InChI is InChI=1S/C13H15N3S/c14-11-6-7-16(8-11)13-15-12(9-17-13)10-4-2-1-3-5-10/h1-5,9,11H,6-8,14H2/t11-/m1/s1. The first-order valence-corrected chi connectivity index (χ1v) is 6.72. The van der Waals surface area contributed by atoms with Gasteiger partial charge in [-0.3, -0.25) is 0 Å². The van der Waals surface area contributed by atoms with Crippen LogP contribution in [0.3, 0.4) is 0 Å². The summed E-state index contributed by atoms with van der Waals surface area (Å²) in [6.07, 6.45) is 1.07. The maximum Gasteiger partial charge on any atom is 0.185 e. The lowest BCUT2D eigenvalue weighted by molar-refractivity contribution is 0.752. The number of hydrogen-bond donors (Lipinski definition) is 1. The molecule has 4 heteroatoms. The monoisotopic (exact) mass is 245 g/mol. The first kappa shape index (κ1) is 10.7. The van der Waals surface area contributed by atoms with E-state index in [1.807, 2.05) is 18.2 Å². The Kier molecular flexibility index (Phi) is 2.82. The predicted octanol–water partition coefficient (Wildman–Crippen LogP) is 2.35. The molecule has 1 aromatic heterocycles. The summed E-state index contributed by atoms with van der Waals surface area (Å²) in [6.45, 7) is 1.96. The van der Waals surface area contributed by atoms with Gasteiger partial charge in [-0.1, -0.05) is 30.3 Å². The third-order valence-corrected chi connectivity index (χ3v) is 3.96. The third-order valence-electron chi connectivity index (χ3n) is 3.06. The van der Waals surface area contributed by atoms with Crippen molar-refractivity contribution in [3.63, 3.8) is 0 Å². The van der Waals surface area contributed by atoms with Crippen molar-refractivity contribution in [2.75, 3.05) is 18.0 Å². The lowest BCUT2D eigenvalue weighted by Gasteiger charge is -2.13. The van der Waals surface area contributed by atoms with Crippen molar-refractivity contribution < 1.29 is 0 Å². The molecule has 1 aliphatic rings. The first-order chi connectivity index (χ1) is 8.33. The fourth-order valence-corrected chi connectivity index (χ4v) is 2.98. The Bertz CT molecular complexity index is 494. The van der Waals surface area contributed by atoms with Crippen LogP contribution in [0.4, 0.5) is 5.13 Å². The van der Waals surface area contributed by atoms with Gasteiger partial charge in [0.2, 0.25) is 0 Å². The zero-order valence-electron chi connectivity index (χ0n) is 9.54. The van der Waals surface area contributed by atoms with E-state index in [-0.39, 0.29) is 0 Å². The predicted molar refractivity (Wildman–Crippen MR) is 72.4 cm³/mol. The molecule has 1 atom stereocenters. The molecule has 0 amide bonds. The second-order valence-corrected chi connectivity index (χ2v) is 5.21. The zero-order chi connectivity index (χ0) is 11.7. The maximum absolute atomic E-state index is 5.92. The Morgan fingerprint density at radius 2 is 2.12 bits per heavy atom. The van der Waals surface area contributed by atoms with Crippen molar-refractivity contribution in [1.82, 2.24) is 4.98 Å². The second kappa shape index (κ2) is 4.47. The van der Waals surface area contributed by atoms with Gasteiger partial charge in [-0.05, 0) is 6.42 Å². The van der Waals surface area contributed by atoms with Gasteiger partial charge in [0.05, 0.1) is 5.69 Å². The molecule has 1 aliphatic heterocycles. The van der Waals surface area contributed by atoms with E-state index in [9.17, 15) is 0 Å². The highest BCUT2D eigenvalue weighted by Gasteiger charge is 2.21. The molecule has 0 radical (unpaired) electrons. The van der Waals surface area contributed by atoms with Gasteiger partial charge in [-0.2, -0.15) is 0 Å². The number of thiazole rings is 1. The summed E-state index contributed by atoms with van der Waals surface area (Å²) in [5.41, 5.74) is 8.16. The van der Waals surface area contributed by atoms with Crippen LogP contribution in [0.1, 0.15) is 6.42 Å². The van der Waals surface area contributed by atoms with E-state index in [1.54, 1.807) is 11.3 Å². The van der Waals surface area contributed by atoms with E-state index in [4.69, 9.17) is 5.73 Å². The van der Waals surface area contributed by atoms with Gasteiger partial charge < -0.3 is 10.6 Å². The number of anilines is 1. The van der Waals surface area contributed by atoms with Crippen molar-refractivity contribution in [1.29, 1.82) is 0 Å². The van der Waals surface area contributed by atoms with Crippen molar-refractivity contribution in [3.8, 4) is 11.3 Å². The van der Waals surface area contributed by atoms with Crippen LogP contribution in [0.5, 0.6) is 0 Å². The van der Waals surface area contributed by atoms with Gasteiger partial charge in [0.15, 0.2) is 5.13 Å². The number of rotatable bonds is 2. The number of nitrogens with zero attached hydrogens (tertiary/aromatic N) is 2. The molecule has 1 saturated heterocycles. The molecule has 1 aromatic carbocycles. The third kappa shape index (κ3) is 2.18. The number of hydrogen-bond acceptors (Lipinski definition) is 4. The van der Waals surface area contributed by atoms with Crippen molar-refractivity contribution in [2.45, 2.75) is 12.5 Å². The SMILES string of the molecule is N[C@@H]1CCN(c2nc(-c3ccccc3)cs2)C1. The Morgan fingerprint density at radius 3 is 2.82 bits per heavy atom. The quantitative estimate of drug-likeness (QED) is 0.883. The molecule has 2 aromatic rings. The van der Waals surface area contributed by atoms with Crippen LogP contribution in [0.25, 0.3) is 11.3 Å². The highest BCUT2D eigenvalue weighted by Crippen LogP contribution is 2.28. The van der Waals surface area contributed by atoms with Gasteiger partial charge in [0.25, 0.3) is 0 Å². The summed E-state index contributed by atoms with van der Waals surface area (Å²) < 4.78 is 0. The molecule has 1 fully saturated rings. The Labute approximate surface area is 105 Å². The van der Waals surface area contributed by atoms with Gasteiger partial charge in [0.1, 0.15) is 0 Å². The normalized spacial score (nSPS) is 19.8. The first-order valence-electron chi connectivity index (χ1n) is 5.84. The molecule has 17 heavy (non-hydrogen) atoms. The van der Waals surface area contributed by atoms with Crippen LogP contribution in [0, 0.1) is 0 Å². The number of benzene rings is 1. The molecule has 0 unspecified atom stereocenters. The van der Waals surface area contributed by atoms with Crippen LogP contribution in [-0.4, -0.2) is 24.1 Å². The van der Waals surface area contributed by atoms with E-state index < -0.39 is 0 Å². The minimum Gasteiger partial charge on any atom is -0.346 e. The van der Waals surface area contributed by atoms with Crippen LogP contribution < -0.4 is 10.6 Å². The molecule has 0 spiro atoms. The molecule has 0 aliphatic carbocycles. The summed E-state index contributed by atoms with van der Waals surface area (Å²) in [6, 6.07) is 10.6. The van der Waals surface area contributed by atoms with E-state index in [0.29, 0.717) is 6.04 Å². The van der Waals surface area contributed by atoms with Crippen molar-refractivity contribution in [3.05, 3.63) is 35.7 Å². The Hall–Kier alpha value is -1.39. The van der Waals surface area contributed by atoms with Crippen LogP contribution in [0.15, 0.2) is 35.7 Å². The van der Waals surface area contributed by atoms with E-state index >= 15 is 0 Å². The largest absolute Gasteiger partial charge is 0.346 e. The molecular formula is C13H15N3S. The van der Waals surface area contributed by atoms with E-state index in [0.717, 1.165) is 30.3 Å². The second-order valence-electron chi connectivity index (χ2n) is 4.38. The Balaban J connectivity index is 1.84. The van der Waals surface area contributed by atoms with Gasteiger partial charge >= 0.3 is 0 Å².